The number of rotatable bonds is 3. The molecule has 15 heavy (non-hydrogen) atoms. The van der Waals surface area contributed by atoms with Crippen LogP contribution in [-0.4, -0.2) is 29.7 Å². The summed E-state index contributed by atoms with van der Waals surface area (Å²) in [5.74, 6) is -0.237. The molecule has 0 aromatic carbocycles. The Balaban J connectivity index is 1.91. The Labute approximate surface area is 87.9 Å². The predicted molar refractivity (Wildman–Crippen MR) is 53.5 cm³/mol. The normalized spacial score (nSPS) is 15.6. The van der Waals surface area contributed by atoms with E-state index in [-0.39, 0.29) is 18.1 Å². The number of likely N-dealkylation sites (tertiary alicyclic amines) is 1. The van der Waals surface area contributed by atoms with Crippen LogP contribution in [0.25, 0.3) is 0 Å². The molecule has 1 aromatic rings. The van der Waals surface area contributed by atoms with Gasteiger partial charge < -0.3 is 9.32 Å². The van der Waals surface area contributed by atoms with Crippen molar-refractivity contribution < 1.29 is 14.0 Å². The minimum atomic E-state index is -0.166. The molecule has 4 nitrogen and oxygen atoms in total. The van der Waals surface area contributed by atoms with Crippen LogP contribution >= 0.6 is 0 Å². The highest BCUT2D eigenvalue weighted by molar-refractivity contribution is 6.07. The number of Topliss-reactive ketones (excluding diaryl/α,β-unsaturated/α-hetero) is 1. The van der Waals surface area contributed by atoms with Crippen molar-refractivity contribution in [2.75, 3.05) is 13.1 Å². The quantitative estimate of drug-likeness (QED) is 0.557. The van der Waals surface area contributed by atoms with E-state index in [9.17, 15) is 9.59 Å². The molecule has 80 valence electrons. The smallest absolute Gasteiger partial charge is 0.230 e. The van der Waals surface area contributed by atoms with E-state index in [1.54, 1.807) is 11.0 Å². The molecular formula is C11H13NO3. The van der Waals surface area contributed by atoms with Crippen LogP contribution in [0.1, 0.15) is 29.6 Å². The summed E-state index contributed by atoms with van der Waals surface area (Å²) in [6.45, 7) is 1.58. The van der Waals surface area contributed by atoms with Gasteiger partial charge in [-0.25, -0.2) is 0 Å². The summed E-state index contributed by atoms with van der Waals surface area (Å²) in [7, 11) is 0. The second-order valence-corrected chi connectivity index (χ2v) is 3.70. The summed E-state index contributed by atoms with van der Waals surface area (Å²) >= 11 is 0. The molecule has 0 atom stereocenters. The molecule has 0 N–H and O–H groups in total. The van der Waals surface area contributed by atoms with Crippen LogP contribution in [0.2, 0.25) is 0 Å². The third kappa shape index (κ3) is 2.26. The molecular weight excluding hydrogens is 194 g/mol. The van der Waals surface area contributed by atoms with Crippen molar-refractivity contribution >= 4 is 11.7 Å². The molecule has 2 rings (SSSR count). The van der Waals surface area contributed by atoms with Crippen molar-refractivity contribution in [3.05, 3.63) is 24.2 Å². The third-order valence-corrected chi connectivity index (χ3v) is 2.61. The molecule has 0 unspecified atom stereocenters. The Morgan fingerprint density at radius 3 is 2.67 bits per heavy atom. The van der Waals surface area contributed by atoms with Gasteiger partial charge in [-0.05, 0) is 18.9 Å². The number of carbonyl (C=O) groups excluding carboxylic acids is 2. The second kappa shape index (κ2) is 4.29. The van der Waals surface area contributed by atoms with Gasteiger partial charge in [-0.3, -0.25) is 9.59 Å². The number of amides is 1. The highest BCUT2D eigenvalue weighted by Gasteiger charge is 2.21. The molecule has 1 fully saturated rings. The van der Waals surface area contributed by atoms with Crippen LogP contribution in [0.4, 0.5) is 0 Å². The van der Waals surface area contributed by atoms with E-state index >= 15 is 0 Å². The van der Waals surface area contributed by atoms with Crippen molar-refractivity contribution in [2.24, 2.45) is 0 Å². The molecule has 1 saturated heterocycles. The van der Waals surface area contributed by atoms with Crippen LogP contribution in [0.3, 0.4) is 0 Å². The van der Waals surface area contributed by atoms with E-state index in [1.165, 1.54) is 12.5 Å². The van der Waals surface area contributed by atoms with Gasteiger partial charge in [-0.15, -0.1) is 0 Å². The largest absolute Gasteiger partial charge is 0.472 e. The number of ketones is 1. The third-order valence-electron chi connectivity index (χ3n) is 2.61. The van der Waals surface area contributed by atoms with Gasteiger partial charge >= 0.3 is 0 Å². The average molecular weight is 207 g/mol. The van der Waals surface area contributed by atoms with E-state index in [1.807, 2.05) is 0 Å². The zero-order chi connectivity index (χ0) is 10.7. The lowest BCUT2D eigenvalue weighted by atomic mass is 10.1. The second-order valence-electron chi connectivity index (χ2n) is 3.70. The maximum atomic E-state index is 11.6. The van der Waals surface area contributed by atoms with Crippen LogP contribution in [0, 0.1) is 0 Å². The topological polar surface area (TPSA) is 50.5 Å². The highest BCUT2D eigenvalue weighted by Crippen LogP contribution is 2.11. The van der Waals surface area contributed by atoms with E-state index < -0.39 is 0 Å². The zero-order valence-electron chi connectivity index (χ0n) is 8.44. The molecule has 1 aliphatic rings. The summed E-state index contributed by atoms with van der Waals surface area (Å²) in [6.07, 6.45) is 4.87. The lowest BCUT2D eigenvalue weighted by Gasteiger charge is -2.13. The lowest BCUT2D eigenvalue weighted by molar-refractivity contribution is -0.129. The Morgan fingerprint density at radius 2 is 2.07 bits per heavy atom. The van der Waals surface area contributed by atoms with Crippen molar-refractivity contribution in [1.82, 2.24) is 4.90 Å². The van der Waals surface area contributed by atoms with Crippen molar-refractivity contribution in [2.45, 2.75) is 19.3 Å². The highest BCUT2D eigenvalue weighted by atomic mass is 16.3. The summed E-state index contributed by atoms with van der Waals surface area (Å²) in [5, 5.41) is 0. The van der Waals surface area contributed by atoms with Gasteiger partial charge in [0, 0.05) is 13.1 Å². The molecule has 1 aliphatic heterocycles. The summed E-state index contributed by atoms with van der Waals surface area (Å²) in [4.78, 5) is 24.9. The number of nitrogens with zero attached hydrogens (tertiary/aromatic N) is 1. The first-order valence-electron chi connectivity index (χ1n) is 5.10. The van der Waals surface area contributed by atoms with Gasteiger partial charge in [-0.1, -0.05) is 0 Å². The first kappa shape index (κ1) is 9.96. The number of hydrogen-bond donors (Lipinski definition) is 0. The maximum Gasteiger partial charge on any atom is 0.230 e. The van der Waals surface area contributed by atoms with Crippen LogP contribution in [0.15, 0.2) is 23.0 Å². The van der Waals surface area contributed by atoms with Crippen LogP contribution in [0.5, 0.6) is 0 Å². The molecule has 0 saturated carbocycles. The van der Waals surface area contributed by atoms with E-state index in [4.69, 9.17) is 4.42 Å². The lowest BCUT2D eigenvalue weighted by Crippen LogP contribution is -2.29. The average Bonchev–Trinajstić information content (AvgIpc) is 2.91. The Morgan fingerprint density at radius 1 is 1.33 bits per heavy atom. The summed E-state index contributed by atoms with van der Waals surface area (Å²) in [5.41, 5.74) is 0.475. The molecule has 0 radical (unpaired) electrons. The minimum Gasteiger partial charge on any atom is -0.472 e. The van der Waals surface area contributed by atoms with Crippen molar-refractivity contribution in [3.63, 3.8) is 0 Å². The number of hydrogen-bond acceptors (Lipinski definition) is 3. The van der Waals surface area contributed by atoms with Crippen molar-refractivity contribution in [1.29, 1.82) is 0 Å². The van der Waals surface area contributed by atoms with E-state index in [2.05, 4.69) is 0 Å². The van der Waals surface area contributed by atoms with Crippen molar-refractivity contribution in [3.8, 4) is 0 Å². The fourth-order valence-corrected chi connectivity index (χ4v) is 1.74. The predicted octanol–water partition coefficient (Wildman–Crippen LogP) is 1.47. The monoisotopic (exact) mass is 207 g/mol. The Bertz CT molecular complexity index is 350. The van der Waals surface area contributed by atoms with Gasteiger partial charge in [0.25, 0.3) is 0 Å². The molecule has 0 bridgehead atoms. The fourth-order valence-electron chi connectivity index (χ4n) is 1.74. The van der Waals surface area contributed by atoms with Gasteiger partial charge in [0.05, 0.1) is 18.2 Å². The first-order valence-corrected chi connectivity index (χ1v) is 5.10. The summed E-state index contributed by atoms with van der Waals surface area (Å²) < 4.78 is 4.80. The molecule has 1 amide bonds. The van der Waals surface area contributed by atoms with Gasteiger partial charge in [-0.2, -0.15) is 0 Å². The Hall–Kier alpha value is -1.58. The molecule has 1 aromatic heterocycles. The first-order chi connectivity index (χ1) is 7.27. The van der Waals surface area contributed by atoms with Crippen LogP contribution in [-0.2, 0) is 4.79 Å². The van der Waals surface area contributed by atoms with Gasteiger partial charge in [0.1, 0.15) is 6.26 Å². The minimum absolute atomic E-state index is 0.0421. The maximum absolute atomic E-state index is 11.6. The number of carbonyl (C=O) groups is 2. The Kier molecular flexibility index (Phi) is 2.85. The zero-order valence-corrected chi connectivity index (χ0v) is 8.44. The summed E-state index contributed by atoms with van der Waals surface area (Å²) in [6, 6.07) is 1.58. The SMILES string of the molecule is O=C(CC(=O)N1CCCC1)c1ccoc1. The van der Waals surface area contributed by atoms with Crippen LogP contribution < -0.4 is 0 Å². The van der Waals surface area contributed by atoms with Gasteiger partial charge in [0.2, 0.25) is 5.91 Å². The van der Waals surface area contributed by atoms with E-state index in [0.29, 0.717) is 5.56 Å². The number of furan rings is 1. The van der Waals surface area contributed by atoms with E-state index in [0.717, 1.165) is 25.9 Å². The standard InChI is InChI=1S/C11H13NO3/c13-10(9-3-6-15-8-9)7-11(14)12-4-1-2-5-12/h3,6,8H,1-2,4-5,7H2. The van der Waals surface area contributed by atoms with Gasteiger partial charge in [0.15, 0.2) is 5.78 Å². The molecule has 0 aliphatic carbocycles. The molecule has 4 heteroatoms. The fraction of sp³-hybridized carbons (Fsp3) is 0.455. The molecule has 2 heterocycles. The molecule has 0 spiro atoms.